The number of para-hydroxylation sites is 1. The van der Waals surface area contributed by atoms with Crippen molar-refractivity contribution < 1.29 is 28.9 Å². The Hall–Kier alpha value is -4.27. The highest BCUT2D eigenvalue weighted by Crippen LogP contribution is 2.55. The van der Waals surface area contributed by atoms with Gasteiger partial charge in [-0.05, 0) is 50.1 Å². The van der Waals surface area contributed by atoms with E-state index < -0.39 is 17.0 Å². The van der Waals surface area contributed by atoms with Crippen LogP contribution in [0, 0.1) is 0 Å². The third kappa shape index (κ3) is 3.48. The van der Waals surface area contributed by atoms with E-state index in [-0.39, 0.29) is 19.1 Å². The zero-order valence-corrected chi connectivity index (χ0v) is 20.9. The van der Waals surface area contributed by atoms with Gasteiger partial charge >= 0.3 is 6.09 Å². The number of carbonyl (C=O) groups is 2. The highest BCUT2D eigenvalue weighted by molar-refractivity contribution is 6.11. The quantitative estimate of drug-likeness (QED) is 0.569. The first-order valence-electron chi connectivity index (χ1n) is 12.2. The number of aromatic nitrogens is 1. The number of carbonyl (C=O) groups excluding carboxylic acids is 1. The molecule has 0 aliphatic carbocycles. The van der Waals surface area contributed by atoms with Crippen molar-refractivity contribution in [2.24, 2.45) is 0 Å². The largest absolute Gasteiger partial charge is 0.491 e. The number of carboxylic acid groups (broad SMARTS) is 1. The van der Waals surface area contributed by atoms with Crippen LogP contribution in [-0.2, 0) is 16.8 Å². The van der Waals surface area contributed by atoms with E-state index >= 15 is 0 Å². The number of hydrogen-bond acceptors (Lipinski definition) is 6. The molecule has 37 heavy (non-hydrogen) atoms. The third-order valence-electron chi connectivity index (χ3n) is 7.05. The molecule has 0 saturated heterocycles. The minimum Gasteiger partial charge on any atom is -0.491 e. The molecule has 1 N–H and O–H groups in total. The van der Waals surface area contributed by atoms with E-state index in [4.69, 9.17) is 14.2 Å². The van der Waals surface area contributed by atoms with E-state index in [9.17, 15) is 14.7 Å². The number of benzene rings is 2. The molecular formula is C28H27N3O6. The second-order valence-corrected chi connectivity index (χ2v) is 10.4. The van der Waals surface area contributed by atoms with E-state index in [1.165, 1.54) is 4.90 Å². The molecule has 6 rings (SSSR count). The highest BCUT2D eigenvalue weighted by Gasteiger charge is 2.57. The number of ether oxygens (including phenoxy) is 3. The Bertz CT molecular complexity index is 1410. The minimum absolute atomic E-state index is 0.0879. The molecule has 190 valence electrons. The van der Waals surface area contributed by atoms with Crippen molar-refractivity contribution in [2.75, 3.05) is 29.6 Å². The summed E-state index contributed by atoms with van der Waals surface area (Å²) in [6.45, 7) is 6.83. The van der Waals surface area contributed by atoms with E-state index in [2.05, 4.69) is 4.98 Å². The van der Waals surface area contributed by atoms with Crippen LogP contribution in [0.1, 0.15) is 37.5 Å². The predicted molar refractivity (Wildman–Crippen MR) is 136 cm³/mol. The average molecular weight is 502 g/mol. The van der Waals surface area contributed by atoms with Gasteiger partial charge in [-0.1, -0.05) is 24.3 Å². The molecule has 0 radical (unpaired) electrons. The fourth-order valence-corrected chi connectivity index (χ4v) is 5.42. The van der Waals surface area contributed by atoms with Crippen molar-refractivity contribution in [1.29, 1.82) is 0 Å². The van der Waals surface area contributed by atoms with Crippen LogP contribution in [0.15, 0.2) is 54.7 Å². The van der Waals surface area contributed by atoms with Crippen molar-refractivity contribution in [3.05, 3.63) is 71.4 Å². The summed E-state index contributed by atoms with van der Waals surface area (Å²) in [7, 11) is 0. The summed E-state index contributed by atoms with van der Waals surface area (Å²) >= 11 is 0. The van der Waals surface area contributed by atoms with Gasteiger partial charge in [-0.3, -0.25) is 9.69 Å². The Kier molecular flexibility index (Phi) is 5.08. The third-order valence-corrected chi connectivity index (χ3v) is 7.05. The minimum atomic E-state index is -1.07. The lowest BCUT2D eigenvalue weighted by Gasteiger charge is -2.32. The Balaban J connectivity index is 1.36. The van der Waals surface area contributed by atoms with Crippen molar-refractivity contribution in [2.45, 2.75) is 38.3 Å². The molecular weight excluding hydrogens is 474 g/mol. The fraction of sp³-hybridized carbons (Fsp3) is 0.321. The van der Waals surface area contributed by atoms with Crippen LogP contribution in [0.25, 0.3) is 0 Å². The van der Waals surface area contributed by atoms with Gasteiger partial charge in [0.25, 0.3) is 0 Å². The molecule has 9 heteroatoms. The zero-order valence-electron chi connectivity index (χ0n) is 20.9. The summed E-state index contributed by atoms with van der Waals surface area (Å²) in [6.07, 6.45) is 0.549. The first-order valence-corrected chi connectivity index (χ1v) is 12.2. The number of anilines is 2. The van der Waals surface area contributed by atoms with Crippen LogP contribution in [0.2, 0.25) is 0 Å². The monoisotopic (exact) mass is 501 g/mol. The normalized spacial score (nSPS) is 19.4. The van der Waals surface area contributed by atoms with Gasteiger partial charge in [0.2, 0.25) is 5.91 Å². The zero-order chi connectivity index (χ0) is 25.9. The first-order chi connectivity index (χ1) is 17.7. The maximum absolute atomic E-state index is 14.2. The molecule has 4 heterocycles. The molecule has 0 saturated carbocycles. The first kappa shape index (κ1) is 23.1. The summed E-state index contributed by atoms with van der Waals surface area (Å²) < 4.78 is 17.6. The molecule has 3 aliphatic heterocycles. The number of amides is 2. The SMILES string of the molecule is CC(C)(C)N(C(=O)O)c1ccc(CN2C(=O)C3(COc4cc5c(cc43)OCCO5)c3ccccc32)cn1. The second-order valence-electron chi connectivity index (χ2n) is 10.4. The topological polar surface area (TPSA) is 101 Å². The summed E-state index contributed by atoms with van der Waals surface area (Å²) in [5.74, 6) is 2.10. The molecule has 2 aromatic carbocycles. The Labute approximate surface area is 214 Å². The van der Waals surface area contributed by atoms with Crippen LogP contribution < -0.4 is 24.0 Å². The van der Waals surface area contributed by atoms with Crippen LogP contribution >= 0.6 is 0 Å². The summed E-state index contributed by atoms with van der Waals surface area (Å²) in [4.78, 5) is 33.4. The van der Waals surface area contributed by atoms with Crippen molar-refractivity contribution in [3.63, 3.8) is 0 Å². The molecule has 0 bridgehead atoms. The lowest BCUT2D eigenvalue weighted by atomic mass is 9.77. The van der Waals surface area contributed by atoms with Gasteiger partial charge in [0.1, 0.15) is 36.8 Å². The van der Waals surface area contributed by atoms with Gasteiger partial charge in [0, 0.05) is 29.1 Å². The number of pyridine rings is 1. The molecule has 3 aromatic rings. The van der Waals surface area contributed by atoms with E-state index in [1.54, 1.807) is 17.2 Å². The maximum atomic E-state index is 14.2. The van der Waals surface area contributed by atoms with Gasteiger partial charge in [-0.15, -0.1) is 0 Å². The fourth-order valence-electron chi connectivity index (χ4n) is 5.42. The van der Waals surface area contributed by atoms with E-state index in [0.29, 0.717) is 36.3 Å². The molecule has 1 unspecified atom stereocenters. The van der Waals surface area contributed by atoms with Crippen molar-refractivity contribution in [3.8, 4) is 17.2 Å². The van der Waals surface area contributed by atoms with Gasteiger partial charge in [-0.25, -0.2) is 9.78 Å². The molecule has 1 spiro atoms. The van der Waals surface area contributed by atoms with Gasteiger partial charge < -0.3 is 24.2 Å². The summed E-state index contributed by atoms with van der Waals surface area (Å²) in [5.41, 5.74) is 1.61. The van der Waals surface area contributed by atoms with E-state index in [1.807, 2.05) is 63.2 Å². The molecule has 3 aliphatic rings. The summed E-state index contributed by atoms with van der Waals surface area (Å²) in [6, 6.07) is 14.9. The predicted octanol–water partition coefficient (Wildman–Crippen LogP) is 4.36. The summed E-state index contributed by atoms with van der Waals surface area (Å²) in [5, 5.41) is 9.68. The Morgan fingerprint density at radius 3 is 2.43 bits per heavy atom. The highest BCUT2D eigenvalue weighted by atomic mass is 16.6. The number of nitrogens with zero attached hydrogens (tertiary/aromatic N) is 3. The lowest BCUT2D eigenvalue weighted by molar-refractivity contribution is -0.122. The Morgan fingerprint density at radius 1 is 1.03 bits per heavy atom. The lowest BCUT2D eigenvalue weighted by Crippen LogP contribution is -2.45. The number of rotatable bonds is 3. The second kappa shape index (κ2) is 8.12. The van der Waals surface area contributed by atoms with Crippen LogP contribution in [-0.4, -0.2) is 47.5 Å². The van der Waals surface area contributed by atoms with Crippen molar-refractivity contribution in [1.82, 2.24) is 4.98 Å². The van der Waals surface area contributed by atoms with Gasteiger partial charge in [0.15, 0.2) is 11.5 Å². The number of hydrogen-bond donors (Lipinski definition) is 1. The molecule has 1 atom stereocenters. The molecule has 9 nitrogen and oxygen atoms in total. The van der Waals surface area contributed by atoms with Crippen molar-refractivity contribution >= 4 is 23.5 Å². The maximum Gasteiger partial charge on any atom is 0.413 e. The molecule has 0 fully saturated rings. The van der Waals surface area contributed by atoms with Gasteiger partial charge in [-0.2, -0.15) is 0 Å². The van der Waals surface area contributed by atoms with Gasteiger partial charge in [0.05, 0.1) is 6.54 Å². The van der Waals surface area contributed by atoms with Crippen LogP contribution in [0.3, 0.4) is 0 Å². The van der Waals surface area contributed by atoms with E-state index in [0.717, 1.165) is 22.4 Å². The number of fused-ring (bicyclic) bond motifs is 5. The van der Waals surface area contributed by atoms with Crippen LogP contribution in [0.4, 0.5) is 16.3 Å². The average Bonchev–Trinajstić information content (AvgIpc) is 3.35. The van der Waals surface area contributed by atoms with Crippen LogP contribution in [0.5, 0.6) is 17.2 Å². The molecule has 2 amide bonds. The Morgan fingerprint density at radius 2 is 1.76 bits per heavy atom. The standard InChI is InChI=1S/C28H27N3O6/c1-27(2,3)31(26(33)34)24-9-8-17(14-29-24)15-30-20-7-5-4-6-18(20)28(25(30)32)16-37-21-13-23-22(12-19(21)28)35-10-11-36-23/h4-9,12-14H,10-11,15-16H2,1-3H3,(H,33,34). The molecule has 1 aromatic heterocycles. The smallest absolute Gasteiger partial charge is 0.413 e.